The second-order valence-corrected chi connectivity index (χ2v) is 6.78. The molecule has 1 N–H and O–H groups in total. The third-order valence-corrected chi connectivity index (χ3v) is 4.78. The summed E-state index contributed by atoms with van der Waals surface area (Å²) >= 11 is 1.16. The molecule has 3 aromatic rings. The maximum Gasteiger partial charge on any atom is 0.342 e. The van der Waals surface area contributed by atoms with Gasteiger partial charge in [0.2, 0.25) is 0 Å². The molecule has 3 rings (SSSR count). The van der Waals surface area contributed by atoms with Gasteiger partial charge >= 0.3 is 11.9 Å². The second-order valence-electron chi connectivity index (χ2n) is 5.92. The number of hydrogen-bond donors (Lipinski definition) is 1. The number of esters is 2. The molecule has 0 spiro atoms. The van der Waals surface area contributed by atoms with Crippen LogP contribution in [0.3, 0.4) is 0 Å². The fourth-order valence-corrected chi connectivity index (χ4v) is 3.30. The summed E-state index contributed by atoms with van der Waals surface area (Å²) in [5.41, 5.74) is 0.712. The molecule has 29 heavy (non-hydrogen) atoms. The molecular formula is C20H18N2O6S. The molecule has 1 amide bonds. The van der Waals surface area contributed by atoms with E-state index in [0.717, 1.165) is 22.1 Å². The number of fused-ring (bicyclic) bond motifs is 1. The number of methoxy groups -OCH3 is 2. The lowest BCUT2D eigenvalue weighted by molar-refractivity contribution is -0.139. The summed E-state index contributed by atoms with van der Waals surface area (Å²) in [5, 5.41) is 6.24. The summed E-state index contributed by atoms with van der Waals surface area (Å²) in [6, 6.07) is 10.9. The van der Waals surface area contributed by atoms with Crippen molar-refractivity contribution in [2.24, 2.45) is 0 Å². The molecule has 0 atom stereocenters. The van der Waals surface area contributed by atoms with E-state index in [2.05, 4.69) is 15.0 Å². The van der Waals surface area contributed by atoms with E-state index in [9.17, 15) is 14.4 Å². The maximum atomic E-state index is 12.4. The smallest absolute Gasteiger partial charge is 0.342 e. The number of benzene rings is 2. The van der Waals surface area contributed by atoms with Crippen molar-refractivity contribution in [3.05, 3.63) is 53.0 Å². The van der Waals surface area contributed by atoms with E-state index >= 15 is 0 Å². The van der Waals surface area contributed by atoms with E-state index < -0.39 is 24.5 Å². The summed E-state index contributed by atoms with van der Waals surface area (Å²) in [7, 11) is 2.75. The topological polar surface area (TPSA) is 104 Å². The SMILES string of the molecule is COC(=O)Cc1csc(NC(=O)COC(=O)c2cc3ccccc3cc2OC)n1. The Morgan fingerprint density at radius 1 is 1.10 bits per heavy atom. The lowest BCUT2D eigenvalue weighted by Crippen LogP contribution is -2.21. The minimum atomic E-state index is -0.673. The van der Waals surface area contributed by atoms with Gasteiger partial charge in [-0.3, -0.25) is 14.9 Å². The Hall–Kier alpha value is -3.46. The molecule has 0 unspecified atom stereocenters. The van der Waals surface area contributed by atoms with Crippen LogP contribution in [0.25, 0.3) is 10.8 Å². The molecule has 0 radical (unpaired) electrons. The average Bonchev–Trinajstić information content (AvgIpc) is 3.17. The standard InChI is InChI=1S/C20H18N2O6S/c1-26-16-8-13-6-4-3-5-12(13)7-15(16)19(25)28-10-17(23)22-20-21-14(11-29-20)9-18(24)27-2/h3-8,11H,9-10H2,1-2H3,(H,21,22,23). The second kappa shape index (κ2) is 9.16. The summed E-state index contributed by atoms with van der Waals surface area (Å²) in [4.78, 5) is 39.9. The number of nitrogens with zero attached hydrogens (tertiary/aromatic N) is 1. The normalized spacial score (nSPS) is 10.4. The maximum absolute atomic E-state index is 12.4. The third-order valence-electron chi connectivity index (χ3n) is 3.97. The van der Waals surface area contributed by atoms with Gasteiger partial charge in [-0.1, -0.05) is 24.3 Å². The highest BCUT2D eigenvalue weighted by Crippen LogP contribution is 2.26. The first kappa shape index (κ1) is 20.3. The number of anilines is 1. The van der Waals surface area contributed by atoms with Gasteiger partial charge in [0, 0.05) is 5.38 Å². The van der Waals surface area contributed by atoms with Gasteiger partial charge in [-0.2, -0.15) is 0 Å². The van der Waals surface area contributed by atoms with Crippen LogP contribution in [0.1, 0.15) is 16.1 Å². The van der Waals surface area contributed by atoms with Crippen molar-refractivity contribution in [3.63, 3.8) is 0 Å². The van der Waals surface area contributed by atoms with Crippen molar-refractivity contribution in [1.29, 1.82) is 0 Å². The number of nitrogens with one attached hydrogen (secondary N) is 1. The van der Waals surface area contributed by atoms with Crippen molar-refractivity contribution in [3.8, 4) is 5.75 Å². The van der Waals surface area contributed by atoms with E-state index in [1.54, 1.807) is 17.5 Å². The van der Waals surface area contributed by atoms with Gasteiger partial charge in [0.05, 0.1) is 26.3 Å². The van der Waals surface area contributed by atoms with E-state index in [0.29, 0.717) is 16.6 Å². The lowest BCUT2D eigenvalue weighted by Gasteiger charge is -2.10. The Morgan fingerprint density at radius 2 is 1.83 bits per heavy atom. The van der Waals surface area contributed by atoms with Gasteiger partial charge < -0.3 is 14.2 Å². The molecule has 9 heteroatoms. The third kappa shape index (κ3) is 5.08. The number of carbonyl (C=O) groups excluding carboxylic acids is 3. The van der Waals surface area contributed by atoms with Crippen LogP contribution in [0.4, 0.5) is 5.13 Å². The monoisotopic (exact) mass is 414 g/mol. The quantitative estimate of drug-likeness (QED) is 0.593. The highest BCUT2D eigenvalue weighted by Gasteiger charge is 2.17. The zero-order chi connectivity index (χ0) is 20.8. The number of rotatable bonds is 7. The van der Waals surface area contributed by atoms with Crippen molar-refractivity contribution in [2.45, 2.75) is 6.42 Å². The van der Waals surface area contributed by atoms with Crippen molar-refractivity contribution >= 4 is 45.1 Å². The number of aromatic nitrogens is 1. The first-order valence-electron chi connectivity index (χ1n) is 8.55. The van der Waals surface area contributed by atoms with Gasteiger partial charge in [-0.05, 0) is 22.9 Å². The number of carbonyl (C=O) groups is 3. The van der Waals surface area contributed by atoms with Crippen molar-refractivity contribution in [2.75, 3.05) is 26.1 Å². The predicted octanol–water partition coefficient (Wildman–Crippen LogP) is 2.82. The first-order chi connectivity index (χ1) is 14.0. The zero-order valence-corrected chi connectivity index (χ0v) is 16.6. The first-order valence-corrected chi connectivity index (χ1v) is 9.43. The van der Waals surface area contributed by atoms with Gasteiger partial charge in [0.15, 0.2) is 11.7 Å². The van der Waals surface area contributed by atoms with Crippen LogP contribution in [-0.4, -0.2) is 43.7 Å². The van der Waals surface area contributed by atoms with Gasteiger partial charge in [-0.15, -0.1) is 11.3 Å². The van der Waals surface area contributed by atoms with Crippen molar-refractivity contribution in [1.82, 2.24) is 4.98 Å². The number of hydrogen-bond acceptors (Lipinski definition) is 8. The average molecular weight is 414 g/mol. The summed E-state index contributed by atoms with van der Waals surface area (Å²) < 4.78 is 15.0. The van der Waals surface area contributed by atoms with Crippen LogP contribution in [-0.2, 0) is 25.5 Å². The molecular weight excluding hydrogens is 396 g/mol. The van der Waals surface area contributed by atoms with Gasteiger partial charge in [0.1, 0.15) is 11.3 Å². The number of ether oxygens (including phenoxy) is 3. The van der Waals surface area contributed by atoms with Gasteiger partial charge in [0.25, 0.3) is 5.91 Å². The summed E-state index contributed by atoms with van der Waals surface area (Å²) in [6.07, 6.45) is 0.0135. The molecule has 0 aliphatic rings. The fourth-order valence-electron chi connectivity index (χ4n) is 2.58. The van der Waals surface area contributed by atoms with Crippen LogP contribution in [0.5, 0.6) is 5.75 Å². The Kier molecular flexibility index (Phi) is 6.40. The zero-order valence-electron chi connectivity index (χ0n) is 15.8. The highest BCUT2D eigenvalue weighted by molar-refractivity contribution is 7.13. The minimum absolute atomic E-state index is 0.0135. The van der Waals surface area contributed by atoms with E-state index in [1.807, 2.05) is 24.3 Å². The van der Waals surface area contributed by atoms with Gasteiger partial charge in [-0.25, -0.2) is 9.78 Å². The van der Waals surface area contributed by atoms with E-state index in [4.69, 9.17) is 9.47 Å². The molecule has 0 bridgehead atoms. The Bertz CT molecular complexity index is 1060. The summed E-state index contributed by atoms with van der Waals surface area (Å²) in [5.74, 6) is -1.28. The van der Waals surface area contributed by atoms with Crippen molar-refractivity contribution < 1.29 is 28.6 Å². The van der Waals surface area contributed by atoms with E-state index in [-0.39, 0.29) is 12.0 Å². The largest absolute Gasteiger partial charge is 0.496 e. The number of thiazole rings is 1. The molecule has 0 aliphatic heterocycles. The molecule has 0 saturated carbocycles. The molecule has 0 fully saturated rings. The number of amides is 1. The van der Waals surface area contributed by atoms with Crippen LogP contribution >= 0.6 is 11.3 Å². The minimum Gasteiger partial charge on any atom is -0.496 e. The Balaban J connectivity index is 1.61. The molecule has 2 aromatic carbocycles. The van der Waals surface area contributed by atoms with Crippen LogP contribution in [0, 0.1) is 0 Å². The lowest BCUT2D eigenvalue weighted by atomic mass is 10.1. The van der Waals surface area contributed by atoms with Crippen LogP contribution in [0.15, 0.2) is 41.8 Å². The Morgan fingerprint density at radius 3 is 2.52 bits per heavy atom. The summed E-state index contributed by atoms with van der Waals surface area (Å²) in [6.45, 7) is -0.485. The Labute approximate surface area is 170 Å². The molecule has 1 heterocycles. The predicted molar refractivity (Wildman–Crippen MR) is 107 cm³/mol. The molecule has 8 nitrogen and oxygen atoms in total. The molecule has 1 aromatic heterocycles. The highest BCUT2D eigenvalue weighted by atomic mass is 32.1. The molecule has 0 saturated heterocycles. The van der Waals surface area contributed by atoms with E-state index in [1.165, 1.54) is 14.2 Å². The van der Waals surface area contributed by atoms with Crippen LogP contribution in [0.2, 0.25) is 0 Å². The van der Waals surface area contributed by atoms with Crippen LogP contribution < -0.4 is 10.1 Å². The molecule has 0 aliphatic carbocycles. The molecule has 150 valence electrons. The fraction of sp³-hybridized carbons (Fsp3) is 0.200.